The number of anilines is 1. The lowest BCUT2D eigenvalue weighted by molar-refractivity contribution is 0.00677. The van der Waals surface area contributed by atoms with Crippen molar-refractivity contribution in [3.8, 4) is 34.4 Å². The number of rotatable bonds is 8. The van der Waals surface area contributed by atoms with E-state index in [2.05, 4.69) is 64.0 Å². The molecule has 0 saturated carbocycles. The number of hydrogen-bond acceptors (Lipinski definition) is 8. The van der Waals surface area contributed by atoms with E-state index in [0.29, 0.717) is 70.2 Å². The number of ether oxygens (including phenoxy) is 4. The van der Waals surface area contributed by atoms with Crippen molar-refractivity contribution in [2.24, 2.45) is 0 Å². The molecule has 4 aliphatic rings. The van der Waals surface area contributed by atoms with Gasteiger partial charge in [0.25, 0.3) is 0 Å². The molecule has 4 atom stereocenters. The van der Waals surface area contributed by atoms with Gasteiger partial charge >= 0.3 is 6.09 Å². The lowest BCUT2D eigenvalue weighted by Crippen LogP contribution is -2.64. The van der Waals surface area contributed by atoms with E-state index >= 15 is 4.39 Å². The summed E-state index contributed by atoms with van der Waals surface area (Å²) in [6, 6.07) is 10.5. The lowest BCUT2D eigenvalue weighted by atomic mass is 9.94. The van der Waals surface area contributed by atoms with Crippen molar-refractivity contribution in [2.45, 2.75) is 108 Å². The van der Waals surface area contributed by atoms with Crippen LogP contribution in [0.3, 0.4) is 0 Å². The first-order valence-electron chi connectivity index (χ1n) is 19.6. The van der Waals surface area contributed by atoms with Crippen LogP contribution in [-0.4, -0.2) is 92.0 Å². The van der Waals surface area contributed by atoms with Crippen molar-refractivity contribution in [3.63, 3.8) is 0 Å². The summed E-state index contributed by atoms with van der Waals surface area (Å²) < 4.78 is 40.1. The van der Waals surface area contributed by atoms with Crippen LogP contribution < -0.4 is 14.4 Å². The summed E-state index contributed by atoms with van der Waals surface area (Å²) in [6.07, 6.45) is 0.244. The number of amides is 1. The molecule has 8 rings (SSSR count). The van der Waals surface area contributed by atoms with Crippen LogP contribution in [0.2, 0.25) is 16.6 Å². The zero-order valence-corrected chi connectivity index (χ0v) is 34.0. The maximum atomic E-state index is 16.3. The lowest BCUT2D eigenvalue weighted by Gasteiger charge is -2.47. The van der Waals surface area contributed by atoms with Gasteiger partial charge < -0.3 is 29.0 Å². The Hall–Kier alpha value is -4.44. The van der Waals surface area contributed by atoms with Crippen LogP contribution in [0, 0.1) is 17.3 Å². The van der Waals surface area contributed by atoms with E-state index in [4.69, 9.17) is 28.9 Å². The van der Waals surface area contributed by atoms with Crippen LogP contribution in [0.5, 0.6) is 11.6 Å². The van der Waals surface area contributed by atoms with Gasteiger partial charge in [0.1, 0.15) is 31.6 Å². The molecule has 2 bridgehead atoms. The molecular weight excluding hydrogens is 716 g/mol. The van der Waals surface area contributed by atoms with Crippen molar-refractivity contribution < 1.29 is 33.2 Å². The Morgan fingerprint density at radius 1 is 1.02 bits per heavy atom. The number of piperazine rings is 1. The number of carboxylic acid groups (broad SMARTS) is 1. The van der Waals surface area contributed by atoms with Crippen LogP contribution in [0.1, 0.15) is 78.5 Å². The Labute approximate surface area is 323 Å². The standard InChI is InChI=1S/C43H51FN4O6Si/c1-23(2)55(24(3)4,25(5)6)14-13-32-34(44)11-9-27-15-31(53-22-51-8)18-33(38(27)32)36-17-28-16-35(29-20-52-21-29)45-41-39(28)42(46-36)54-26(7)40-37-12-10-30(19-47(40)41)48(37)43(49)50/h9,11,15-18,23-26,29-30,37,40H,10,12,19-22H2,1-8H3,(H,49,50). The summed E-state index contributed by atoms with van der Waals surface area (Å²) in [7, 11) is -0.653. The highest BCUT2D eigenvalue weighted by atomic mass is 28.3. The molecule has 1 amide bonds. The molecule has 290 valence electrons. The molecular formula is C43H51FN4O6Si. The zero-order chi connectivity index (χ0) is 38.9. The zero-order valence-electron chi connectivity index (χ0n) is 33.0. The van der Waals surface area contributed by atoms with Gasteiger partial charge in [0.2, 0.25) is 5.88 Å². The van der Waals surface area contributed by atoms with E-state index in [0.717, 1.165) is 40.5 Å². The van der Waals surface area contributed by atoms with Crippen molar-refractivity contribution >= 4 is 41.5 Å². The first-order chi connectivity index (χ1) is 26.3. The van der Waals surface area contributed by atoms with Crippen LogP contribution in [0.15, 0.2) is 36.4 Å². The van der Waals surface area contributed by atoms with E-state index in [1.165, 1.54) is 6.07 Å². The fourth-order valence-corrected chi connectivity index (χ4v) is 15.4. The number of hydrogen-bond donors (Lipinski definition) is 1. The number of fused-ring (bicyclic) bond motifs is 6. The van der Waals surface area contributed by atoms with E-state index in [1.54, 1.807) is 18.1 Å². The smallest absolute Gasteiger partial charge is 0.407 e. The van der Waals surface area contributed by atoms with Crippen molar-refractivity contribution in [2.75, 3.05) is 38.6 Å². The van der Waals surface area contributed by atoms with E-state index in [1.807, 2.05) is 25.1 Å². The SMILES string of the molecule is COCOc1cc(-c2cc3cc(C4COC4)nc4c3c(n2)OC(C)C2C3CCC(CN42)N3C(=O)O)c2c(C#C[Si](C(C)C)(C(C)C)C(C)C)c(F)ccc2c1. The Bertz CT molecular complexity index is 2210. The van der Waals surface area contributed by atoms with Gasteiger partial charge in [0.15, 0.2) is 6.79 Å². The van der Waals surface area contributed by atoms with Crippen molar-refractivity contribution in [3.05, 3.63) is 53.5 Å². The van der Waals surface area contributed by atoms with E-state index in [9.17, 15) is 9.90 Å². The maximum absolute atomic E-state index is 16.3. The molecule has 2 aromatic carbocycles. The topological polar surface area (TPSA) is 106 Å². The molecule has 2 aromatic heterocycles. The fourth-order valence-electron chi connectivity index (χ4n) is 10.2. The van der Waals surface area contributed by atoms with E-state index < -0.39 is 20.3 Å². The van der Waals surface area contributed by atoms with Gasteiger partial charge in [0.05, 0.1) is 53.7 Å². The molecule has 12 heteroatoms. The third-order valence-electron chi connectivity index (χ3n) is 12.7. The van der Waals surface area contributed by atoms with Crippen molar-refractivity contribution in [1.29, 1.82) is 0 Å². The molecule has 55 heavy (non-hydrogen) atoms. The van der Waals surface area contributed by atoms with Gasteiger partial charge in [-0.3, -0.25) is 4.90 Å². The van der Waals surface area contributed by atoms with Gasteiger partial charge in [-0.1, -0.05) is 53.5 Å². The summed E-state index contributed by atoms with van der Waals surface area (Å²) in [5, 5.41) is 13.4. The predicted molar refractivity (Wildman–Crippen MR) is 214 cm³/mol. The second-order valence-electron chi connectivity index (χ2n) is 16.7. The highest BCUT2D eigenvalue weighted by Crippen LogP contribution is 2.47. The van der Waals surface area contributed by atoms with Crippen molar-refractivity contribution in [1.82, 2.24) is 14.9 Å². The highest BCUT2D eigenvalue weighted by molar-refractivity contribution is 6.90. The Balaban J connectivity index is 1.38. The number of halogens is 1. The quantitative estimate of drug-likeness (QED) is 0.107. The molecule has 4 unspecified atom stereocenters. The molecule has 6 heterocycles. The first kappa shape index (κ1) is 37.5. The number of pyridine rings is 2. The van der Waals surface area contributed by atoms with Gasteiger partial charge in [0, 0.05) is 30.5 Å². The summed E-state index contributed by atoms with van der Waals surface area (Å²) in [4.78, 5) is 26.9. The minimum absolute atomic E-state index is 0.0374. The molecule has 4 aliphatic heterocycles. The third-order valence-corrected chi connectivity index (χ3v) is 19.0. The minimum atomic E-state index is -2.22. The third kappa shape index (κ3) is 6.10. The summed E-state index contributed by atoms with van der Waals surface area (Å²) in [5.74, 6) is 4.93. The summed E-state index contributed by atoms with van der Waals surface area (Å²) in [6.45, 7) is 17.2. The largest absolute Gasteiger partial charge is 0.472 e. The van der Waals surface area contributed by atoms with Crippen LogP contribution in [0.25, 0.3) is 32.8 Å². The molecule has 3 fully saturated rings. The molecule has 0 radical (unpaired) electrons. The minimum Gasteiger partial charge on any atom is -0.472 e. The van der Waals surface area contributed by atoms with Gasteiger partial charge in [-0.25, -0.2) is 19.2 Å². The van der Waals surface area contributed by atoms with Crippen LogP contribution in [-0.2, 0) is 9.47 Å². The molecule has 3 saturated heterocycles. The number of aromatic nitrogens is 2. The number of nitrogens with zero attached hydrogens (tertiary/aromatic N) is 4. The normalized spacial score (nSPS) is 22.1. The Kier molecular flexibility index (Phi) is 9.71. The second-order valence-corrected chi connectivity index (χ2v) is 22.2. The van der Waals surface area contributed by atoms with Gasteiger partial charge in [-0.2, -0.15) is 0 Å². The predicted octanol–water partition coefficient (Wildman–Crippen LogP) is 8.74. The van der Waals surface area contributed by atoms with Gasteiger partial charge in [-0.15, -0.1) is 5.54 Å². The Morgan fingerprint density at radius 2 is 1.76 bits per heavy atom. The summed E-state index contributed by atoms with van der Waals surface area (Å²) in [5.41, 5.74) is 7.39. The fraction of sp³-hybridized carbons (Fsp3) is 0.512. The molecule has 1 N–H and O–H groups in total. The monoisotopic (exact) mass is 766 g/mol. The number of carbonyl (C=O) groups is 1. The molecule has 0 aliphatic carbocycles. The number of methoxy groups -OCH3 is 1. The average molecular weight is 767 g/mol. The van der Waals surface area contributed by atoms with Gasteiger partial charge in [-0.05, 0) is 77.5 Å². The number of benzene rings is 2. The molecule has 4 aromatic rings. The maximum Gasteiger partial charge on any atom is 0.407 e. The molecule has 0 spiro atoms. The highest BCUT2D eigenvalue weighted by Gasteiger charge is 2.53. The summed E-state index contributed by atoms with van der Waals surface area (Å²) >= 11 is 0. The first-order valence-corrected chi connectivity index (χ1v) is 21.9. The molecule has 10 nitrogen and oxygen atoms in total. The second kappa shape index (κ2) is 14.2. The Morgan fingerprint density at radius 3 is 2.42 bits per heavy atom. The van der Waals surface area contributed by atoms with E-state index in [-0.39, 0.29) is 36.7 Å². The average Bonchev–Trinajstić information content (AvgIpc) is 3.36. The van der Waals surface area contributed by atoms with Crippen LogP contribution in [0.4, 0.5) is 15.0 Å². The van der Waals surface area contributed by atoms with Crippen LogP contribution >= 0.6 is 0 Å².